The lowest BCUT2D eigenvalue weighted by molar-refractivity contribution is 0.0714. The second kappa shape index (κ2) is 6.83. The normalized spacial score (nSPS) is 18.9. The molecule has 1 saturated heterocycles. The molecule has 0 saturated carbocycles. The first-order chi connectivity index (χ1) is 13.9. The number of aryl methyl sites for hydroxylation is 2. The first-order valence-electron chi connectivity index (χ1n) is 10.3. The van der Waals surface area contributed by atoms with E-state index in [1.165, 1.54) is 22.2 Å². The highest BCUT2D eigenvalue weighted by Crippen LogP contribution is 2.44. The van der Waals surface area contributed by atoms with Crippen LogP contribution in [0.1, 0.15) is 47.1 Å². The van der Waals surface area contributed by atoms with Crippen molar-refractivity contribution >= 4 is 33.3 Å². The molecule has 2 aliphatic rings. The Kier molecular flexibility index (Phi) is 4.38. The van der Waals surface area contributed by atoms with Gasteiger partial charge in [-0.2, -0.15) is 0 Å². The molecule has 1 fully saturated rings. The Morgan fingerprint density at radius 2 is 2.00 bits per heavy atom. The van der Waals surface area contributed by atoms with Gasteiger partial charge in [-0.1, -0.05) is 13.8 Å². The van der Waals surface area contributed by atoms with Crippen LogP contribution in [0.4, 0.5) is 5.82 Å². The van der Waals surface area contributed by atoms with Crippen LogP contribution in [0.2, 0.25) is 0 Å². The average molecular weight is 411 g/mol. The molecule has 3 aromatic rings. The lowest BCUT2D eigenvalue weighted by Crippen LogP contribution is -2.49. The first kappa shape index (κ1) is 18.6. The number of furan rings is 1. The van der Waals surface area contributed by atoms with E-state index in [0.29, 0.717) is 24.3 Å². The number of piperazine rings is 1. The average Bonchev–Trinajstić information content (AvgIpc) is 3.33. The largest absolute Gasteiger partial charge is 0.459 e. The fraction of sp³-hybridized carbons (Fsp3) is 0.500. The number of rotatable bonds is 2. The summed E-state index contributed by atoms with van der Waals surface area (Å²) in [4.78, 5) is 29.0. The minimum Gasteiger partial charge on any atom is -0.459 e. The van der Waals surface area contributed by atoms with Crippen LogP contribution in [0, 0.1) is 12.3 Å². The number of aromatic nitrogens is 2. The van der Waals surface area contributed by atoms with Crippen molar-refractivity contribution in [3.05, 3.63) is 40.4 Å². The molecule has 1 amide bonds. The fourth-order valence-corrected chi connectivity index (χ4v) is 6.01. The summed E-state index contributed by atoms with van der Waals surface area (Å²) in [5.41, 5.74) is 1.81. The number of thiophene rings is 1. The molecule has 4 heterocycles. The van der Waals surface area contributed by atoms with Gasteiger partial charge in [0.1, 0.15) is 16.5 Å². The van der Waals surface area contributed by atoms with Crippen LogP contribution in [0.3, 0.4) is 0 Å². The SMILES string of the molecule is Cc1nc(N2CCN(C(=O)c3ccco3)CC2)c2c3c(sc2n1)CC(C)(C)CC3. The molecule has 6 nitrogen and oxygen atoms in total. The van der Waals surface area contributed by atoms with Gasteiger partial charge in [0.15, 0.2) is 5.76 Å². The molecule has 1 aliphatic heterocycles. The quantitative estimate of drug-likeness (QED) is 0.637. The maximum atomic E-state index is 12.6. The summed E-state index contributed by atoms with van der Waals surface area (Å²) in [7, 11) is 0. The summed E-state index contributed by atoms with van der Waals surface area (Å²) in [6, 6.07) is 3.48. The van der Waals surface area contributed by atoms with Crippen LogP contribution >= 0.6 is 11.3 Å². The lowest BCUT2D eigenvalue weighted by atomic mass is 9.77. The van der Waals surface area contributed by atoms with Crippen molar-refractivity contribution in [1.29, 1.82) is 0 Å². The molecular weight excluding hydrogens is 384 g/mol. The van der Waals surface area contributed by atoms with Gasteiger partial charge >= 0.3 is 0 Å². The highest BCUT2D eigenvalue weighted by molar-refractivity contribution is 7.19. The number of fused-ring (bicyclic) bond motifs is 3. The van der Waals surface area contributed by atoms with Crippen LogP contribution < -0.4 is 4.90 Å². The van der Waals surface area contributed by atoms with Gasteiger partial charge < -0.3 is 14.2 Å². The van der Waals surface area contributed by atoms with Crippen LogP contribution in [0.5, 0.6) is 0 Å². The summed E-state index contributed by atoms with van der Waals surface area (Å²) in [5, 5.41) is 1.25. The Balaban J connectivity index is 1.44. The van der Waals surface area contributed by atoms with E-state index in [4.69, 9.17) is 14.4 Å². The van der Waals surface area contributed by atoms with E-state index >= 15 is 0 Å². The van der Waals surface area contributed by atoms with Gasteiger partial charge in [-0.3, -0.25) is 4.79 Å². The van der Waals surface area contributed by atoms with E-state index in [1.807, 2.05) is 23.2 Å². The minimum absolute atomic E-state index is 0.0335. The number of amides is 1. The van der Waals surface area contributed by atoms with E-state index in [9.17, 15) is 4.79 Å². The smallest absolute Gasteiger partial charge is 0.289 e. The van der Waals surface area contributed by atoms with Crippen molar-refractivity contribution < 1.29 is 9.21 Å². The Morgan fingerprint density at radius 1 is 1.21 bits per heavy atom. The lowest BCUT2D eigenvalue weighted by Gasteiger charge is -2.35. The predicted octanol–water partition coefficient (Wildman–Crippen LogP) is 4.07. The molecular formula is C22H26N4O2S. The number of anilines is 1. The van der Waals surface area contributed by atoms with E-state index < -0.39 is 0 Å². The maximum Gasteiger partial charge on any atom is 0.289 e. The molecule has 3 aromatic heterocycles. The van der Waals surface area contributed by atoms with Crippen molar-refractivity contribution in [2.75, 3.05) is 31.1 Å². The zero-order valence-electron chi connectivity index (χ0n) is 17.2. The van der Waals surface area contributed by atoms with Gasteiger partial charge in [-0.05, 0) is 49.3 Å². The molecule has 29 heavy (non-hydrogen) atoms. The van der Waals surface area contributed by atoms with E-state index in [2.05, 4.69) is 18.7 Å². The Labute approximate surface area is 174 Å². The molecule has 0 aromatic carbocycles. The molecule has 5 rings (SSSR count). The molecule has 0 spiro atoms. The zero-order chi connectivity index (χ0) is 20.2. The number of carbonyl (C=O) groups is 1. The van der Waals surface area contributed by atoms with Gasteiger partial charge in [-0.25, -0.2) is 9.97 Å². The summed E-state index contributed by atoms with van der Waals surface area (Å²) in [5.74, 6) is 2.25. The zero-order valence-corrected chi connectivity index (χ0v) is 18.0. The van der Waals surface area contributed by atoms with Gasteiger partial charge in [0.25, 0.3) is 5.91 Å². The number of nitrogens with zero attached hydrogens (tertiary/aromatic N) is 4. The summed E-state index contributed by atoms with van der Waals surface area (Å²) in [6.45, 7) is 9.57. The molecule has 0 N–H and O–H groups in total. The Bertz CT molecular complexity index is 1060. The third kappa shape index (κ3) is 3.31. The van der Waals surface area contributed by atoms with Gasteiger partial charge in [-0.15, -0.1) is 11.3 Å². The standard InChI is InChI=1S/C22H26N4O2S/c1-14-23-19(18-15-6-7-22(2,3)13-17(15)29-20(18)24-14)25-8-10-26(11-9-25)21(27)16-5-4-12-28-16/h4-5,12H,6-11,13H2,1-3H3. The summed E-state index contributed by atoms with van der Waals surface area (Å²) in [6.07, 6.45) is 4.96. The van der Waals surface area contributed by atoms with Gasteiger partial charge in [0.2, 0.25) is 0 Å². The molecule has 0 unspecified atom stereocenters. The third-order valence-electron chi connectivity index (χ3n) is 6.12. The molecule has 0 bridgehead atoms. The summed E-state index contributed by atoms with van der Waals surface area (Å²) < 4.78 is 5.28. The van der Waals surface area contributed by atoms with Gasteiger partial charge in [0.05, 0.1) is 11.6 Å². The predicted molar refractivity (Wildman–Crippen MR) is 115 cm³/mol. The van der Waals surface area contributed by atoms with Crippen LogP contribution in [0.15, 0.2) is 22.8 Å². The van der Waals surface area contributed by atoms with Crippen molar-refractivity contribution in [3.63, 3.8) is 0 Å². The number of hydrogen-bond acceptors (Lipinski definition) is 6. The second-order valence-electron chi connectivity index (χ2n) is 8.88. The molecule has 0 atom stereocenters. The van der Waals surface area contributed by atoms with Gasteiger partial charge in [0, 0.05) is 31.1 Å². The number of hydrogen-bond donors (Lipinski definition) is 0. The van der Waals surface area contributed by atoms with E-state index in [1.54, 1.807) is 18.4 Å². The third-order valence-corrected chi connectivity index (χ3v) is 7.24. The highest BCUT2D eigenvalue weighted by Gasteiger charge is 2.32. The molecule has 7 heteroatoms. The van der Waals surface area contributed by atoms with Crippen LogP contribution in [0.25, 0.3) is 10.2 Å². The van der Waals surface area contributed by atoms with E-state index in [0.717, 1.165) is 42.4 Å². The minimum atomic E-state index is -0.0335. The Hall–Kier alpha value is -2.41. The topological polar surface area (TPSA) is 62.5 Å². The monoisotopic (exact) mass is 410 g/mol. The van der Waals surface area contributed by atoms with Crippen molar-refractivity contribution in [3.8, 4) is 0 Å². The molecule has 0 radical (unpaired) electrons. The first-order valence-corrected chi connectivity index (χ1v) is 11.1. The fourth-order valence-electron chi connectivity index (χ4n) is 4.49. The highest BCUT2D eigenvalue weighted by atomic mass is 32.1. The van der Waals surface area contributed by atoms with Crippen LogP contribution in [-0.2, 0) is 12.8 Å². The van der Waals surface area contributed by atoms with E-state index in [-0.39, 0.29) is 5.91 Å². The van der Waals surface area contributed by atoms with Crippen molar-refractivity contribution in [2.24, 2.45) is 5.41 Å². The number of carbonyl (C=O) groups excluding carboxylic acids is 1. The second-order valence-corrected chi connectivity index (χ2v) is 9.96. The maximum absolute atomic E-state index is 12.6. The molecule has 152 valence electrons. The summed E-state index contributed by atoms with van der Waals surface area (Å²) >= 11 is 1.84. The van der Waals surface area contributed by atoms with Crippen molar-refractivity contribution in [2.45, 2.75) is 40.0 Å². The van der Waals surface area contributed by atoms with Crippen LogP contribution in [-0.4, -0.2) is 47.0 Å². The molecule has 1 aliphatic carbocycles. The Morgan fingerprint density at radius 3 is 2.72 bits per heavy atom. The van der Waals surface area contributed by atoms with Crippen molar-refractivity contribution in [1.82, 2.24) is 14.9 Å².